The van der Waals surface area contributed by atoms with E-state index in [4.69, 9.17) is 5.26 Å². The summed E-state index contributed by atoms with van der Waals surface area (Å²) in [5.41, 5.74) is 2.64. The molecule has 0 atom stereocenters. The van der Waals surface area contributed by atoms with E-state index in [-0.39, 0.29) is 5.91 Å². The summed E-state index contributed by atoms with van der Waals surface area (Å²) in [4.78, 5) is 13.9. The molecule has 3 nitrogen and oxygen atoms in total. The Kier molecular flexibility index (Phi) is 5.13. The number of nitriles is 1. The Morgan fingerprint density at radius 3 is 2.24 bits per heavy atom. The summed E-state index contributed by atoms with van der Waals surface area (Å²) in [5, 5.41) is 8.76. The molecule has 2 aromatic rings. The minimum atomic E-state index is 0.0710. The van der Waals surface area contributed by atoms with E-state index >= 15 is 0 Å². The number of carbonyl (C=O) groups excluding carboxylic acids is 1. The zero-order valence-electron chi connectivity index (χ0n) is 11.7. The van der Waals surface area contributed by atoms with Crippen molar-refractivity contribution < 1.29 is 4.79 Å². The van der Waals surface area contributed by atoms with Crippen LogP contribution >= 0.6 is 15.9 Å². The van der Waals surface area contributed by atoms with Gasteiger partial charge in [0.2, 0.25) is 5.91 Å². The molecule has 0 bridgehead atoms. The lowest BCUT2D eigenvalue weighted by molar-refractivity contribution is -0.129. The van der Waals surface area contributed by atoms with Gasteiger partial charge in [-0.05, 0) is 35.4 Å². The Morgan fingerprint density at radius 1 is 1.10 bits per heavy atom. The van der Waals surface area contributed by atoms with E-state index in [0.717, 1.165) is 15.6 Å². The highest BCUT2D eigenvalue weighted by atomic mass is 79.9. The monoisotopic (exact) mass is 342 g/mol. The molecule has 0 saturated heterocycles. The topological polar surface area (TPSA) is 44.1 Å². The Labute approximate surface area is 132 Å². The first-order valence-corrected chi connectivity index (χ1v) is 7.35. The van der Waals surface area contributed by atoms with Crippen LogP contribution in [0.5, 0.6) is 0 Å². The fraction of sp³-hybridized carbons (Fsp3) is 0.176. The van der Waals surface area contributed by atoms with Crippen LogP contribution in [-0.2, 0) is 17.8 Å². The first-order valence-electron chi connectivity index (χ1n) is 6.56. The van der Waals surface area contributed by atoms with Gasteiger partial charge in [0, 0.05) is 18.1 Å². The summed E-state index contributed by atoms with van der Waals surface area (Å²) >= 11 is 3.38. The fourth-order valence-electron chi connectivity index (χ4n) is 1.96. The molecule has 21 heavy (non-hydrogen) atoms. The summed E-state index contributed by atoms with van der Waals surface area (Å²) in [6, 6.07) is 17.1. The van der Waals surface area contributed by atoms with Gasteiger partial charge in [0.15, 0.2) is 0 Å². The maximum absolute atomic E-state index is 12.2. The molecule has 0 unspecified atom stereocenters. The van der Waals surface area contributed by atoms with Crippen LogP contribution < -0.4 is 0 Å². The highest BCUT2D eigenvalue weighted by Gasteiger charge is 2.10. The van der Waals surface area contributed by atoms with Crippen molar-refractivity contribution in [3.63, 3.8) is 0 Å². The molecule has 0 aromatic heterocycles. The highest BCUT2D eigenvalue weighted by molar-refractivity contribution is 9.10. The number of hydrogen-bond donors (Lipinski definition) is 0. The van der Waals surface area contributed by atoms with Gasteiger partial charge in [-0.3, -0.25) is 4.79 Å². The zero-order chi connectivity index (χ0) is 15.2. The first kappa shape index (κ1) is 15.3. The molecule has 0 saturated carbocycles. The van der Waals surface area contributed by atoms with Crippen molar-refractivity contribution in [1.82, 2.24) is 4.90 Å². The molecule has 0 heterocycles. The molecule has 1 amide bonds. The molecular weight excluding hydrogens is 328 g/mol. The van der Waals surface area contributed by atoms with E-state index in [1.807, 2.05) is 36.4 Å². The Hall–Kier alpha value is -2.12. The van der Waals surface area contributed by atoms with Gasteiger partial charge in [-0.1, -0.05) is 40.2 Å². The third-order valence-corrected chi connectivity index (χ3v) is 3.73. The molecule has 0 aliphatic carbocycles. The zero-order valence-corrected chi connectivity index (χ0v) is 13.3. The van der Waals surface area contributed by atoms with E-state index in [2.05, 4.69) is 22.0 Å². The SMILES string of the molecule is CN(Cc1ccc(C#N)cc1)C(=O)Cc1ccc(Br)cc1. The largest absolute Gasteiger partial charge is 0.341 e. The Bertz CT molecular complexity index is 657. The summed E-state index contributed by atoms with van der Waals surface area (Å²) in [7, 11) is 1.79. The maximum atomic E-state index is 12.2. The van der Waals surface area contributed by atoms with Crippen LogP contribution in [0.15, 0.2) is 53.0 Å². The highest BCUT2D eigenvalue weighted by Crippen LogP contribution is 2.12. The van der Waals surface area contributed by atoms with E-state index in [9.17, 15) is 4.79 Å². The molecule has 106 valence electrons. The third-order valence-electron chi connectivity index (χ3n) is 3.20. The van der Waals surface area contributed by atoms with Crippen molar-refractivity contribution in [2.75, 3.05) is 7.05 Å². The predicted octanol–water partition coefficient (Wildman–Crippen LogP) is 3.52. The van der Waals surface area contributed by atoms with Gasteiger partial charge >= 0.3 is 0 Å². The van der Waals surface area contributed by atoms with Crippen molar-refractivity contribution in [1.29, 1.82) is 5.26 Å². The van der Waals surface area contributed by atoms with Crippen LogP contribution in [0.2, 0.25) is 0 Å². The second-order valence-electron chi connectivity index (χ2n) is 4.86. The Morgan fingerprint density at radius 2 is 1.67 bits per heavy atom. The van der Waals surface area contributed by atoms with Gasteiger partial charge < -0.3 is 4.90 Å². The molecule has 0 spiro atoms. The van der Waals surface area contributed by atoms with Crippen molar-refractivity contribution >= 4 is 21.8 Å². The number of benzene rings is 2. The van der Waals surface area contributed by atoms with Gasteiger partial charge in [-0.25, -0.2) is 0 Å². The lowest BCUT2D eigenvalue weighted by atomic mass is 10.1. The molecule has 0 N–H and O–H groups in total. The standard InChI is InChI=1S/C17H15BrN2O/c1-20(12-15-4-2-14(11-19)3-5-15)17(21)10-13-6-8-16(18)9-7-13/h2-9H,10,12H2,1H3. The molecule has 0 radical (unpaired) electrons. The number of halogens is 1. The predicted molar refractivity (Wildman–Crippen MR) is 85.5 cm³/mol. The van der Waals surface area contributed by atoms with Crippen LogP contribution in [-0.4, -0.2) is 17.9 Å². The number of rotatable bonds is 4. The van der Waals surface area contributed by atoms with Crippen LogP contribution in [0.3, 0.4) is 0 Å². The number of likely N-dealkylation sites (N-methyl/N-ethyl adjacent to an activating group) is 1. The molecule has 0 aliphatic heterocycles. The normalized spacial score (nSPS) is 9.95. The maximum Gasteiger partial charge on any atom is 0.227 e. The van der Waals surface area contributed by atoms with Crippen LogP contribution in [0.25, 0.3) is 0 Å². The number of amides is 1. The molecule has 0 fully saturated rings. The quantitative estimate of drug-likeness (QED) is 0.853. The molecule has 0 aliphatic rings. The lowest BCUT2D eigenvalue weighted by Gasteiger charge is -2.17. The van der Waals surface area contributed by atoms with E-state index in [1.165, 1.54) is 0 Å². The average Bonchev–Trinajstić information content (AvgIpc) is 2.50. The van der Waals surface area contributed by atoms with Crippen LogP contribution in [0, 0.1) is 11.3 Å². The molecule has 2 rings (SSSR count). The van der Waals surface area contributed by atoms with Gasteiger partial charge in [0.05, 0.1) is 18.1 Å². The lowest BCUT2D eigenvalue weighted by Crippen LogP contribution is -2.27. The number of carbonyl (C=O) groups is 1. The second-order valence-corrected chi connectivity index (χ2v) is 5.78. The summed E-state index contributed by atoms with van der Waals surface area (Å²) < 4.78 is 1.00. The van der Waals surface area contributed by atoms with Crippen molar-refractivity contribution in [2.24, 2.45) is 0 Å². The molecule has 4 heteroatoms. The van der Waals surface area contributed by atoms with E-state index < -0.39 is 0 Å². The van der Waals surface area contributed by atoms with E-state index in [0.29, 0.717) is 18.5 Å². The van der Waals surface area contributed by atoms with Crippen LogP contribution in [0.4, 0.5) is 0 Å². The van der Waals surface area contributed by atoms with Gasteiger partial charge in [0.1, 0.15) is 0 Å². The fourth-order valence-corrected chi connectivity index (χ4v) is 2.22. The second kappa shape index (κ2) is 7.05. The average molecular weight is 343 g/mol. The summed E-state index contributed by atoms with van der Waals surface area (Å²) in [6.07, 6.45) is 0.389. The van der Waals surface area contributed by atoms with Crippen molar-refractivity contribution in [2.45, 2.75) is 13.0 Å². The Balaban J connectivity index is 1.95. The smallest absolute Gasteiger partial charge is 0.227 e. The summed E-state index contributed by atoms with van der Waals surface area (Å²) in [5.74, 6) is 0.0710. The van der Waals surface area contributed by atoms with Gasteiger partial charge in [-0.15, -0.1) is 0 Å². The van der Waals surface area contributed by atoms with E-state index in [1.54, 1.807) is 24.1 Å². The minimum absolute atomic E-state index is 0.0710. The first-order chi connectivity index (χ1) is 10.1. The molecule has 2 aromatic carbocycles. The number of nitrogens with zero attached hydrogens (tertiary/aromatic N) is 2. The molecular formula is C17H15BrN2O. The minimum Gasteiger partial charge on any atom is -0.341 e. The van der Waals surface area contributed by atoms with Crippen molar-refractivity contribution in [3.05, 3.63) is 69.7 Å². The van der Waals surface area contributed by atoms with Gasteiger partial charge in [-0.2, -0.15) is 5.26 Å². The third kappa shape index (κ3) is 4.44. The van der Waals surface area contributed by atoms with Crippen LogP contribution in [0.1, 0.15) is 16.7 Å². The van der Waals surface area contributed by atoms with Crippen molar-refractivity contribution in [3.8, 4) is 6.07 Å². The number of hydrogen-bond acceptors (Lipinski definition) is 2. The van der Waals surface area contributed by atoms with Gasteiger partial charge in [0.25, 0.3) is 0 Å². The summed E-state index contributed by atoms with van der Waals surface area (Å²) in [6.45, 7) is 0.543.